The molecule has 11 aromatic rings. The maximum Gasteiger partial charge on any atom is 0.166 e. The van der Waals surface area contributed by atoms with Crippen LogP contribution in [0.5, 0.6) is 0 Å². The highest BCUT2D eigenvalue weighted by molar-refractivity contribution is 6.22. The molecule has 0 atom stereocenters. The second-order valence-corrected chi connectivity index (χ2v) is 14.0. The normalized spacial score (nSPS) is 11.6. The highest BCUT2D eigenvalue weighted by Crippen LogP contribution is 2.43. The average molecular weight is 717 g/mol. The van der Waals surface area contributed by atoms with E-state index in [-0.39, 0.29) is 0 Å². The number of benzene rings is 8. The third kappa shape index (κ3) is 5.21. The number of hydrogen-bond acceptors (Lipinski definition) is 4. The molecular weight excluding hydrogens is 685 g/mol. The van der Waals surface area contributed by atoms with E-state index in [4.69, 9.17) is 19.4 Å². The minimum Gasteiger partial charge on any atom is -0.453 e. The van der Waals surface area contributed by atoms with Crippen molar-refractivity contribution in [1.29, 1.82) is 0 Å². The molecule has 0 spiro atoms. The number of furan rings is 1. The van der Waals surface area contributed by atoms with Crippen molar-refractivity contribution in [2.24, 2.45) is 0 Å². The van der Waals surface area contributed by atoms with Gasteiger partial charge >= 0.3 is 0 Å². The number of hydrogen-bond donors (Lipinski definition) is 0. The van der Waals surface area contributed by atoms with Crippen molar-refractivity contribution in [3.63, 3.8) is 0 Å². The maximum absolute atomic E-state index is 7.03. The quantitative estimate of drug-likeness (QED) is 0.172. The van der Waals surface area contributed by atoms with Gasteiger partial charge in [0.1, 0.15) is 5.58 Å². The Labute approximate surface area is 322 Å². The molecule has 11 rings (SSSR count). The van der Waals surface area contributed by atoms with Gasteiger partial charge in [-0.25, -0.2) is 15.0 Å². The molecule has 0 N–H and O–H groups in total. The van der Waals surface area contributed by atoms with E-state index in [0.717, 1.165) is 88.4 Å². The molecule has 0 aliphatic rings. The summed E-state index contributed by atoms with van der Waals surface area (Å²) in [5.74, 6) is 1.81. The zero-order valence-electron chi connectivity index (χ0n) is 30.2. The standard InChI is InChI=1S/C51H32N4O/c1-4-16-33(17-5-1)36-22-14-23-37(32-36)50-52-49(35-20-8-3-9-21-35)53-51(54-50)43-25-11-13-29-45(43)55-44-28-12-10-24-39(44)40-30-31-42-41-27-15-26-38(34-18-6-2-7-19-34)47(41)56-48(42)46(40)55/h1-32H. The second kappa shape index (κ2) is 13.0. The Hall–Kier alpha value is -7.63. The second-order valence-electron chi connectivity index (χ2n) is 14.0. The summed E-state index contributed by atoms with van der Waals surface area (Å²) in [4.78, 5) is 15.5. The van der Waals surface area contributed by atoms with Crippen molar-refractivity contribution in [1.82, 2.24) is 19.5 Å². The molecule has 0 aliphatic carbocycles. The van der Waals surface area contributed by atoms with Crippen LogP contribution in [0.25, 0.3) is 106 Å². The number of nitrogens with zero attached hydrogens (tertiary/aromatic N) is 4. The molecule has 0 saturated carbocycles. The van der Waals surface area contributed by atoms with Crippen molar-refractivity contribution in [2.45, 2.75) is 0 Å². The van der Waals surface area contributed by atoms with Crippen LogP contribution in [0.2, 0.25) is 0 Å². The molecule has 3 heterocycles. The lowest BCUT2D eigenvalue weighted by Crippen LogP contribution is -2.03. The first-order valence-corrected chi connectivity index (χ1v) is 18.8. The fourth-order valence-electron chi connectivity index (χ4n) is 8.07. The number of rotatable bonds is 6. The van der Waals surface area contributed by atoms with E-state index in [2.05, 4.69) is 156 Å². The largest absolute Gasteiger partial charge is 0.453 e. The number of para-hydroxylation sites is 3. The molecule has 8 aromatic carbocycles. The Morgan fingerprint density at radius 3 is 1.68 bits per heavy atom. The summed E-state index contributed by atoms with van der Waals surface area (Å²) >= 11 is 0. The molecule has 0 saturated heterocycles. The van der Waals surface area contributed by atoms with Crippen molar-refractivity contribution in [3.05, 3.63) is 194 Å². The molecule has 0 amide bonds. The van der Waals surface area contributed by atoms with Crippen LogP contribution in [-0.4, -0.2) is 19.5 Å². The fraction of sp³-hybridized carbons (Fsp3) is 0. The summed E-state index contributed by atoms with van der Waals surface area (Å²) in [7, 11) is 0. The molecule has 0 aliphatic heterocycles. The zero-order valence-corrected chi connectivity index (χ0v) is 30.2. The summed E-state index contributed by atoms with van der Waals surface area (Å²) in [5, 5.41) is 4.41. The molecule has 3 aromatic heterocycles. The molecule has 0 fully saturated rings. The third-order valence-corrected chi connectivity index (χ3v) is 10.7. The topological polar surface area (TPSA) is 56.7 Å². The first-order valence-electron chi connectivity index (χ1n) is 18.8. The van der Waals surface area contributed by atoms with Crippen molar-refractivity contribution >= 4 is 43.7 Å². The van der Waals surface area contributed by atoms with E-state index < -0.39 is 0 Å². The highest BCUT2D eigenvalue weighted by atomic mass is 16.3. The van der Waals surface area contributed by atoms with Crippen LogP contribution in [-0.2, 0) is 0 Å². The van der Waals surface area contributed by atoms with Gasteiger partial charge in [0, 0.05) is 43.8 Å². The molecule has 5 heteroatoms. The van der Waals surface area contributed by atoms with E-state index in [1.165, 1.54) is 0 Å². The lowest BCUT2D eigenvalue weighted by atomic mass is 10.0. The Bertz CT molecular complexity index is 3240. The highest BCUT2D eigenvalue weighted by Gasteiger charge is 2.23. The summed E-state index contributed by atoms with van der Waals surface area (Å²) in [6.45, 7) is 0. The smallest absolute Gasteiger partial charge is 0.166 e. The van der Waals surface area contributed by atoms with Gasteiger partial charge in [0.15, 0.2) is 23.1 Å². The third-order valence-electron chi connectivity index (χ3n) is 10.7. The van der Waals surface area contributed by atoms with Crippen molar-refractivity contribution in [2.75, 3.05) is 0 Å². The molecular formula is C51H32N4O. The Morgan fingerprint density at radius 1 is 0.339 bits per heavy atom. The number of aromatic nitrogens is 4. The van der Waals surface area contributed by atoms with Gasteiger partial charge in [0.05, 0.1) is 16.7 Å². The van der Waals surface area contributed by atoms with Crippen molar-refractivity contribution in [3.8, 4) is 62.1 Å². The van der Waals surface area contributed by atoms with Crippen molar-refractivity contribution < 1.29 is 4.42 Å². The van der Waals surface area contributed by atoms with Gasteiger partial charge in [-0.05, 0) is 47.0 Å². The molecule has 0 bridgehead atoms. The SMILES string of the molecule is c1ccc(-c2cccc(-c3nc(-c4ccccc4)nc(-c4ccccc4-n4c5ccccc5c5ccc6c7cccc(-c8ccccc8)c7oc6c54)n3)c2)cc1. The van der Waals surface area contributed by atoms with Gasteiger partial charge in [-0.1, -0.05) is 164 Å². The van der Waals surface area contributed by atoms with E-state index in [0.29, 0.717) is 17.5 Å². The van der Waals surface area contributed by atoms with Crippen LogP contribution in [0.1, 0.15) is 0 Å². The minimum atomic E-state index is 0.587. The van der Waals surface area contributed by atoms with Crippen LogP contribution in [0.15, 0.2) is 199 Å². The Balaban J connectivity index is 1.18. The number of fused-ring (bicyclic) bond motifs is 7. The molecule has 262 valence electrons. The van der Waals surface area contributed by atoms with Crippen LogP contribution in [0, 0.1) is 0 Å². The van der Waals surface area contributed by atoms with Gasteiger partial charge in [0.25, 0.3) is 0 Å². The van der Waals surface area contributed by atoms with Gasteiger partial charge in [-0.15, -0.1) is 0 Å². The molecule has 0 radical (unpaired) electrons. The predicted molar refractivity (Wildman–Crippen MR) is 229 cm³/mol. The summed E-state index contributed by atoms with van der Waals surface area (Å²) in [5.41, 5.74) is 11.9. The summed E-state index contributed by atoms with van der Waals surface area (Å²) in [6, 6.07) is 67.2. The average Bonchev–Trinajstić information content (AvgIpc) is 3.83. The first kappa shape index (κ1) is 31.9. The fourth-order valence-corrected chi connectivity index (χ4v) is 8.07. The summed E-state index contributed by atoms with van der Waals surface area (Å²) < 4.78 is 9.36. The first-order chi connectivity index (χ1) is 27.8. The Morgan fingerprint density at radius 2 is 0.875 bits per heavy atom. The van der Waals surface area contributed by atoms with E-state index in [1.807, 2.05) is 42.5 Å². The Kier molecular flexibility index (Phi) is 7.42. The molecule has 56 heavy (non-hydrogen) atoms. The van der Waals surface area contributed by atoms with E-state index in [9.17, 15) is 0 Å². The maximum atomic E-state index is 7.03. The van der Waals surface area contributed by atoms with Gasteiger partial charge in [0.2, 0.25) is 0 Å². The lowest BCUT2D eigenvalue weighted by Gasteiger charge is -2.15. The lowest BCUT2D eigenvalue weighted by molar-refractivity contribution is 0.672. The van der Waals surface area contributed by atoms with Crippen LogP contribution in [0.4, 0.5) is 0 Å². The van der Waals surface area contributed by atoms with Gasteiger partial charge < -0.3 is 8.98 Å². The minimum absolute atomic E-state index is 0.587. The molecule has 5 nitrogen and oxygen atoms in total. The monoisotopic (exact) mass is 716 g/mol. The predicted octanol–water partition coefficient (Wildman–Crippen LogP) is 13.2. The van der Waals surface area contributed by atoms with Crippen LogP contribution < -0.4 is 0 Å². The summed E-state index contributed by atoms with van der Waals surface area (Å²) in [6.07, 6.45) is 0. The van der Waals surface area contributed by atoms with Crippen LogP contribution in [0.3, 0.4) is 0 Å². The molecule has 0 unspecified atom stereocenters. The zero-order chi connectivity index (χ0) is 37.0. The van der Waals surface area contributed by atoms with E-state index >= 15 is 0 Å². The van der Waals surface area contributed by atoms with E-state index in [1.54, 1.807) is 0 Å². The van der Waals surface area contributed by atoms with Gasteiger partial charge in [-0.2, -0.15) is 0 Å². The van der Waals surface area contributed by atoms with Crippen LogP contribution >= 0.6 is 0 Å². The van der Waals surface area contributed by atoms with Gasteiger partial charge in [-0.3, -0.25) is 0 Å².